The molecule has 2 N–H and O–H groups in total. The van der Waals surface area contributed by atoms with Crippen LogP contribution in [0, 0.1) is 11.7 Å². The summed E-state index contributed by atoms with van der Waals surface area (Å²) in [5.41, 5.74) is 2.52. The van der Waals surface area contributed by atoms with Gasteiger partial charge in [-0.1, -0.05) is 44.5 Å². The number of nitrogens with zero attached hydrogens (tertiary/aromatic N) is 1. The van der Waals surface area contributed by atoms with E-state index in [4.69, 9.17) is 9.84 Å². The molecule has 0 aliphatic heterocycles. The predicted molar refractivity (Wildman–Crippen MR) is 132 cm³/mol. The van der Waals surface area contributed by atoms with Crippen LogP contribution in [0.1, 0.15) is 48.2 Å². The van der Waals surface area contributed by atoms with Crippen LogP contribution in [0.25, 0.3) is 17.3 Å². The van der Waals surface area contributed by atoms with Crippen LogP contribution in [-0.4, -0.2) is 29.1 Å². The van der Waals surface area contributed by atoms with E-state index in [-0.39, 0.29) is 17.5 Å². The van der Waals surface area contributed by atoms with Gasteiger partial charge in [0.1, 0.15) is 5.82 Å². The zero-order chi connectivity index (χ0) is 24.7. The van der Waals surface area contributed by atoms with Gasteiger partial charge in [0.05, 0.1) is 12.8 Å². The standard InChI is InChI=1S/C26H27FN2O4S/c1-16(2)6-4-7-18-8-5-9-20(23(18)27)21-15-34-26(28-21)29-24(30)19-12-10-17(11-13-19)14-22(33-3)25(31)32/h5,8-16H,4,6-7H2,1-3H3,(H,31,32)(H,28,29,30)/b22-14-. The van der Waals surface area contributed by atoms with E-state index in [9.17, 15) is 9.59 Å². The van der Waals surface area contributed by atoms with E-state index in [0.29, 0.717) is 45.4 Å². The third-order valence-corrected chi connectivity index (χ3v) is 5.97. The van der Waals surface area contributed by atoms with Crippen molar-refractivity contribution in [2.75, 3.05) is 12.4 Å². The van der Waals surface area contributed by atoms with Gasteiger partial charge in [0, 0.05) is 16.5 Å². The minimum atomic E-state index is -1.18. The number of aliphatic carboxylic acids is 1. The Morgan fingerprint density at radius 2 is 1.94 bits per heavy atom. The van der Waals surface area contributed by atoms with Gasteiger partial charge in [-0.3, -0.25) is 10.1 Å². The Balaban J connectivity index is 1.69. The molecule has 3 rings (SSSR count). The molecule has 1 amide bonds. The van der Waals surface area contributed by atoms with Crippen molar-refractivity contribution in [3.63, 3.8) is 0 Å². The number of hydrogen-bond donors (Lipinski definition) is 2. The van der Waals surface area contributed by atoms with Crippen molar-refractivity contribution < 1.29 is 23.8 Å². The number of hydrogen-bond acceptors (Lipinski definition) is 5. The summed E-state index contributed by atoms with van der Waals surface area (Å²) in [6.45, 7) is 4.31. The normalized spacial score (nSPS) is 11.5. The topological polar surface area (TPSA) is 88.5 Å². The monoisotopic (exact) mass is 482 g/mol. The molecule has 0 aliphatic carbocycles. The molecule has 0 aliphatic rings. The minimum absolute atomic E-state index is 0.205. The Hall–Kier alpha value is -3.52. The van der Waals surface area contributed by atoms with Crippen LogP contribution < -0.4 is 5.32 Å². The van der Waals surface area contributed by atoms with Gasteiger partial charge in [-0.2, -0.15) is 0 Å². The van der Waals surface area contributed by atoms with E-state index < -0.39 is 5.97 Å². The van der Waals surface area contributed by atoms with Gasteiger partial charge in [0.2, 0.25) is 5.76 Å². The van der Waals surface area contributed by atoms with Crippen LogP contribution in [0.2, 0.25) is 0 Å². The number of nitrogens with one attached hydrogen (secondary N) is 1. The number of aryl methyl sites for hydroxylation is 1. The number of amides is 1. The Morgan fingerprint density at radius 1 is 1.21 bits per heavy atom. The van der Waals surface area contributed by atoms with Crippen LogP contribution in [0.4, 0.5) is 9.52 Å². The third kappa shape index (κ3) is 6.51. The number of halogens is 1. The molecular formula is C26H27FN2O4S. The molecular weight excluding hydrogens is 455 g/mol. The number of carboxylic acids is 1. The van der Waals surface area contributed by atoms with Crippen molar-refractivity contribution in [2.45, 2.75) is 33.1 Å². The van der Waals surface area contributed by atoms with Crippen molar-refractivity contribution in [3.8, 4) is 11.3 Å². The second kappa shape index (κ2) is 11.6. The fourth-order valence-corrected chi connectivity index (χ4v) is 4.09. The van der Waals surface area contributed by atoms with E-state index in [1.54, 1.807) is 41.8 Å². The zero-order valence-corrected chi connectivity index (χ0v) is 20.1. The van der Waals surface area contributed by atoms with Crippen molar-refractivity contribution in [3.05, 3.63) is 76.1 Å². The van der Waals surface area contributed by atoms with Gasteiger partial charge in [0.25, 0.3) is 5.91 Å². The van der Waals surface area contributed by atoms with Crippen molar-refractivity contribution in [2.24, 2.45) is 5.92 Å². The Labute approximate surface area is 202 Å². The van der Waals surface area contributed by atoms with Crippen molar-refractivity contribution in [1.82, 2.24) is 4.98 Å². The van der Waals surface area contributed by atoms with Gasteiger partial charge >= 0.3 is 5.97 Å². The molecule has 0 bridgehead atoms. The molecule has 0 spiro atoms. The van der Waals surface area contributed by atoms with E-state index in [1.165, 1.54) is 24.5 Å². The van der Waals surface area contributed by atoms with Crippen LogP contribution in [0.3, 0.4) is 0 Å². The number of ether oxygens (including phenoxy) is 1. The molecule has 34 heavy (non-hydrogen) atoms. The summed E-state index contributed by atoms with van der Waals surface area (Å²) >= 11 is 1.22. The fourth-order valence-electron chi connectivity index (χ4n) is 3.39. The molecule has 1 aromatic heterocycles. The highest BCUT2D eigenvalue weighted by Gasteiger charge is 2.15. The number of methoxy groups -OCH3 is 1. The summed E-state index contributed by atoms with van der Waals surface area (Å²) in [6.07, 6.45) is 4.01. The Bertz CT molecular complexity index is 1190. The SMILES string of the molecule is CO/C(=C\c1ccc(C(=O)Nc2nc(-c3cccc(CCCC(C)C)c3F)cs2)cc1)C(=O)O. The van der Waals surface area contributed by atoms with E-state index in [0.717, 1.165) is 12.8 Å². The van der Waals surface area contributed by atoms with E-state index in [1.807, 2.05) is 6.07 Å². The van der Waals surface area contributed by atoms with Crippen LogP contribution in [0.15, 0.2) is 53.6 Å². The quantitative estimate of drug-likeness (QED) is 0.263. The molecule has 3 aromatic rings. The fraction of sp³-hybridized carbons (Fsp3) is 0.269. The van der Waals surface area contributed by atoms with Crippen molar-refractivity contribution >= 4 is 34.4 Å². The first-order valence-electron chi connectivity index (χ1n) is 10.9. The largest absolute Gasteiger partial charge is 0.490 e. The maximum absolute atomic E-state index is 15.1. The molecule has 8 heteroatoms. The van der Waals surface area contributed by atoms with E-state index in [2.05, 4.69) is 24.1 Å². The molecule has 0 unspecified atom stereocenters. The smallest absolute Gasteiger partial charge is 0.371 e. The molecule has 0 saturated carbocycles. The number of rotatable bonds is 10. The summed E-state index contributed by atoms with van der Waals surface area (Å²) in [6, 6.07) is 11.7. The number of aromatic nitrogens is 1. The van der Waals surface area contributed by atoms with E-state index >= 15 is 4.39 Å². The molecule has 0 atom stereocenters. The molecule has 1 heterocycles. The number of carboxylic acid groups (broad SMARTS) is 1. The lowest BCUT2D eigenvalue weighted by molar-refractivity contribution is -0.135. The lowest BCUT2D eigenvalue weighted by Crippen LogP contribution is -2.11. The lowest BCUT2D eigenvalue weighted by atomic mass is 10.00. The highest BCUT2D eigenvalue weighted by molar-refractivity contribution is 7.14. The summed E-state index contributed by atoms with van der Waals surface area (Å²) < 4.78 is 19.9. The highest BCUT2D eigenvalue weighted by Crippen LogP contribution is 2.29. The first-order valence-corrected chi connectivity index (χ1v) is 11.8. The van der Waals surface area contributed by atoms with Gasteiger partial charge in [-0.25, -0.2) is 14.2 Å². The minimum Gasteiger partial charge on any atom is -0.490 e. The van der Waals surface area contributed by atoms with Crippen molar-refractivity contribution in [1.29, 1.82) is 0 Å². The molecule has 0 radical (unpaired) electrons. The number of benzene rings is 2. The Morgan fingerprint density at radius 3 is 2.59 bits per heavy atom. The number of carbonyl (C=O) groups excluding carboxylic acids is 1. The summed E-state index contributed by atoms with van der Waals surface area (Å²) in [4.78, 5) is 28.0. The van der Waals surface area contributed by atoms with Crippen LogP contribution in [-0.2, 0) is 16.0 Å². The molecule has 2 aromatic carbocycles. The average Bonchev–Trinajstić information content (AvgIpc) is 3.26. The van der Waals surface area contributed by atoms with Gasteiger partial charge in [-0.05, 0) is 54.2 Å². The second-order valence-electron chi connectivity index (χ2n) is 8.20. The number of carbonyl (C=O) groups is 2. The maximum atomic E-state index is 15.1. The summed E-state index contributed by atoms with van der Waals surface area (Å²) in [5.74, 6) is -1.44. The maximum Gasteiger partial charge on any atom is 0.371 e. The molecule has 6 nitrogen and oxygen atoms in total. The number of thiazole rings is 1. The van der Waals surface area contributed by atoms with Gasteiger partial charge in [0.15, 0.2) is 5.13 Å². The van der Waals surface area contributed by atoms with Crippen LogP contribution in [0.5, 0.6) is 0 Å². The summed E-state index contributed by atoms with van der Waals surface area (Å²) in [5, 5.41) is 13.8. The second-order valence-corrected chi connectivity index (χ2v) is 9.05. The Kier molecular flexibility index (Phi) is 8.54. The van der Waals surface area contributed by atoms with Crippen LogP contribution >= 0.6 is 11.3 Å². The first-order chi connectivity index (χ1) is 16.3. The summed E-state index contributed by atoms with van der Waals surface area (Å²) in [7, 11) is 1.28. The van der Waals surface area contributed by atoms with Gasteiger partial charge in [-0.15, -0.1) is 11.3 Å². The van der Waals surface area contributed by atoms with Gasteiger partial charge < -0.3 is 9.84 Å². The highest BCUT2D eigenvalue weighted by atomic mass is 32.1. The lowest BCUT2D eigenvalue weighted by Gasteiger charge is -2.08. The molecule has 0 saturated heterocycles. The predicted octanol–water partition coefficient (Wildman–Crippen LogP) is 6.25. The average molecular weight is 483 g/mol. The first kappa shape index (κ1) is 25.1. The zero-order valence-electron chi connectivity index (χ0n) is 19.3. The number of anilines is 1. The third-order valence-electron chi connectivity index (χ3n) is 5.21. The molecule has 178 valence electrons. The molecule has 0 fully saturated rings.